The van der Waals surface area contributed by atoms with E-state index in [0.717, 1.165) is 13.1 Å². The molecule has 1 atom stereocenters. The third-order valence-corrected chi connectivity index (χ3v) is 2.15. The summed E-state index contributed by atoms with van der Waals surface area (Å²) in [6.07, 6.45) is 0. The molecule has 1 saturated heterocycles. The van der Waals surface area contributed by atoms with E-state index in [9.17, 15) is 4.79 Å². The molecule has 0 aliphatic carbocycles. The molecule has 0 spiro atoms. The molecule has 5 nitrogen and oxygen atoms in total. The summed E-state index contributed by atoms with van der Waals surface area (Å²) in [7, 11) is 1.64. The van der Waals surface area contributed by atoms with E-state index in [2.05, 4.69) is 0 Å². The molecule has 13 heavy (non-hydrogen) atoms. The number of nitrogens with zero attached hydrogens (tertiary/aromatic N) is 1. The summed E-state index contributed by atoms with van der Waals surface area (Å²) in [5.74, 6) is -0.323. The van der Waals surface area contributed by atoms with Crippen LogP contribution in [0.2, 0.25) is 0 Å². The summed E-state index contributed by atoms with van der Waals surface area (Å²) in [6, 6.07) is -0.288. The maximum atomic E-state index is 11.0. The van der Waals surface area contributed by atoms with Gasteiger partial charge in [-0.2, -0.15) is 0 Å². The van der Waals surface area contributed by atoms with Gasteiger partial charge in [0, 0.05) is 20.2 Å². The summed E-state index contributed by atoms with van der Waals surface area (Å²) in [5, 5.41) is 0. The number of hydrogen-bond donors (Lipinski definition) is 1. The number of rotatable bonds is 4. The van der Waals surface area contributed by atoms with Gasteiger partial charge >= 0.3 is 0 Å². The van der Waals surface area contributed by atoms with Crippen molar-refractivity contribution in [3.8, 4) is 0 Å². The van der Waals surface area contributed by atoms with Gasteiger partial charge in [-0.1, -0.05) is 0 Å². The smallest absolute Gasteiger partial charge is 0.237 e. The molecule has 1 heterocycles. The van der Waals surface area contributed by atoms with Gasteiger partial charge in [0.05, 0.1) is 19.8 Å². The molecule has 1 fully saturated rings. The molecule has 0 aromatic heterocycles. The second-order valence-corrected chi connectivity index (χ2v) is 3.02. The normalized spacial score (nSPS) is 24.5. The van der Waals surface area contributed by atoms with E-state index in [0.29, 0.717) is 19.8 Å². The highest BCUT2D eigenvalue weighted by Crippen LogP contribution is 2.05. The third-order valence-electron chi connectivity index (χ3n) is 2.15. The molecule has 0 saturated carbocycles. The zero-order valence-electron chi connectivity index (χ0n) is 7.86. The van der Waals surface area contributed by atoms with Crippen LogP contribution in [0.25, 0.3) is 0 Å². The van der Waals surface area contributed by atoms with Crippen LogP contribution in [-0.4, -0.2) is 56.9 Å². The van der Waals surface area contributed by atoms with Crippen molar-refractivity contribution in [3.05, 3.63) is 0 Å². The van der Waals surface area contributed by atoms with E-state index in [1.807, 2.05) is 4.90 Å². The van der Waals surface area contributed by atoms with Gasteiger partial charge in [0.15, 0.2) is 0 Å². The van der Waals surface area contributed by atoms with Crippen LogP contribution in [0.15, 0.2) is 0 Å². The highest BCUT2D eigenvalue weighted by Gasteiger charge is 2.26. The van der Waals surface area contributed by atoms with Crippen LogP contribution >= 0.6 is 0 Å². The number of methoxy groups -OCH3 is 1. The van der Waals surface area contributed by atoms with Gasteiger partial charge in [-0.15, -0.1) is 0 Å². The predicted octanol–water partition coefficient (Wildman–Crippen LogP) is -1.18. The lowest BCUT2D eigenvalue weighted by molar-refractivity contribution is -0.129. The average Bonchev–Trinajstić information content (AvgIpc) is 2.15. The van der Waals surface area contributed by atoms with E-state index in [-0.39, 0.29) is 11.9 Å². The second kappa shape index (κ2) is 5.16. The minimum absolute atomic E-state index is 0.288. The van der Waals surface area contributed by atoms with Crippen LogP contribution in [0.4, 0.5) is 0 Å². The lowest BCUT2D eigenvalue weighted by Gasteiger charge is -2.33. The number of morpholine rings is 1. The lowest BCUT2D eigenvalue weighted by atomic mass is 10.2. The summed E-state index contributed by atoms with van der Waals surface area (Å²) in [5.41, 5.74) is 5.23. The van der Waals surface area contributed by atoms with Gasteiger partial charge in [0.1, 0.15) is 6.04 Å². The summed E-state index contributed by atoms with van der Waals surface area (Å²) in [6.45, 7) is 3.15. The van der Waals surface area contributed by atoms with Crippen molar-refractivity contribution in [1.29, 1.82) is 0 Å². The predicted molar refractivity (Wildman–Crippen MR) is 47.3 cm³/mol. The molecule has 2 N–H and O–H groups in total. The fourth-order valence-electron chi connectivity index (χ4n) is 1.38. The van der Waals surface area contributed by atoms with Crippen LogP contribution in [0.5, 0.6) is 0 Å². The molecule has 1 rings (SSSR count). The number of ether oxygens (including phenoxy) is 2. The molecule has 76 valence electrons. The van der Waals surface area contributed by atoms with Crippen molar-refractivity contribution in [2.75, 3.05) is 40.0 Å². The number of primary amides is 1. The molecule has 0 aromatic carbocycles. The molecular weight excluding hydrogens is 172 g/mol. The number of nitrogens with two attached hydrogens (primary N) is 1. The molecule has 1 amide bonds. The Labute approximate surface area is 77.8 Å². The second-order valence-electron chi connectivity index (χ2n) is 3.02. The first-order valence-electron chi connectivity index (χ1n) is 4.35. The van der Waals surface area contributed by atoms with Gasteiger partial charge < -0.3 is 15.2 Å². The minimum Gasteiger partial charge on any atom is -0.383 e. The first-order chi connectivity index (χ1) is 6.25. The Hall–Kier alpha value is -0.650. The van der Waals surface area contributed by atoms with Crippen LogP contribution in [0.1, 0.15) is 0 Å². The van der Waals surface area contributed by atoms with Crippen molar-refractivity contribution in [1.82, 2.24) is 4.90 Å². The van der Waals surface area contributed by atoms with Crippen LogP contribution in [0, 0.1) is 0 Å². The van der Waals surface area contributed by atoms with E-state index in [1.54, 1.807) is 7.11 Å². The average molecular weight is 188 g/mol. The van der Waals surface area contributed by atoms with Crippen molar-refractivity contribution < 1.29 is 14.3 Å². The first kappa shape index (κ1) is 10.4. The minimum atomic E-state index is -0.323. The summed E-state index contributed by atoms with van der Waals surface area (Å²) >= 11 is 0. The number of hydrogen-bond acceptors (Lipinski definition) is 4. The van der Waals surface area contributed by atoms with Crippen LogP contribution in [0.3, 0.4) is 0 Å². The first-order valence-corrected chi connectivity index (χ1v) is 4.35. The summed E-state index contributed by atoms with van der Waals surface area (Å²) in [4.78, 5) is 13.0. The lowest BCUT2D eigenvalue weighted by Crippen LogP contribution is -2.53. The fourth-order valence-corrected chi connectivity index (χ4v) is 1.38. The molecular formula is C8H16N2O3. The van der Waals surface area contributed by atoms with Crippen molar-refractivity contribution in [2.45, 2.75) is 6.04 Å². The van der Waals surface area contributed by atoms with E-state index < -0.39 is 0 Å². The highest BCUT2D eigenvalue weighted by molar-refractivity contribution is 5.80. The highest BCUT2D eigenvalue weighted by atomic mass is 16.5. The zero-order chi connectivity index (χ0) is 9.68. The van der Waals surface area contributed by atoms with Gasteiger partial charge in [0.2, 0.25) is 5.91 Å². The zero-order valence-corrected chi connectivity index (χ0v) is 7.86. The van der Waals surface area contributed by atoms with Crippen molar-refractivity contribution in [3.63, 3.8) is 0 Å². The number of carbonyl (C=O) groups is 1. The molecule has 1 aliphatic heterocycles. The summed E-state index contributed by atoms with van der Waals surface area (Å²) < 4.78 is 10.1. The van der Waals surface area contributed by atoms with Gasteiger partial charge in [-0.25, -0.2) is 0 Å². The standard InChI is InChI=1S/C8H16N2O3/c1-12-4-2-10-3-5-13-6-7(10)8(9)11/h7H,2-6H2,1H3,(H2,9,11). The van der Waals surface area contributed by atoms with Crippen LogP contribution in [-0.2, 0) is 14.3 Å². The monoisotopic (exact) mass is 188 g/mol. The van der Waals surface area contributed by atoms with Gasteiger partial charge in [-0.05, 0) is 0 Å². The fraction of sp³-hybridized carbons (Fsp3) is 0.875. The largest absolute Gasteiger partial charge is 0.383 e. The Morgan fingerprint density at radius 1 is 1.77 bits per heavy atom. The quantitative estimate of drug-likeness (QED) is 0.603. The Bertz CT molecular complexity index is 175. The maximum absolute atomic E-state index is 11.0. The Balaban J connectivity index is 2.41. The molecule has 1 unspecified atom stereocenters. The number of amides is 1. The molecule has 0 bridgehead atoms. The number of carbonyl (C=O) groups excluding carboxylic acids is 1. The van der Waals surface area contributed by atoms with E-state index >= 15 is 0 Å². The maximum Gasteiger partial charge on any atom is 0.237 e. The Morgan fingerprint density at radius 3 is 3.15 bits per heavy atom. The van der Waals surface area contributed by atoms with Crippen LogP contribution < -0.4 is 5.73 Å². The molecule has 0 radical (unpaired) electrons. The van der Waals surface area contributed by atoms with Crippen molar-refractivity contribution >= 4 is 5.91 Å². The molecule has 0 aromatic rings. The molecule has 1 aliphatic rings. The van der Waals surface area contributed by atoms with E-state index in [1.165, 1.54) is 0 Å². The SMILES string of the molecule is COCCN1CCOCC1C(N)=O. The molecule has 5 heteroatoms. The van der Waals surface area contributed by atoms with Gasteiger partial charge in [0.25, 0.3) is 0 Å². The van der Waals surface area contributed by atoms with Gasteiger partial charge in [-0.3, -0.25) is 9.69 Å². The Kier molecular flexibility index (Phi) is 4.14. The van der Waals surface area contributed by atoms with Crippen molar-refractivity contribution in [2.24, 2.45) is 5.73 Å². The topological polar surface area (TPSA) is 64.8 Å². The Morgan fingerprint density at radius 2 is 2.54 bits per heavy atom. The van der Waals surface area contributed by atoms with E-state index in [4.69, 9.17) is 15.2 Å². The third kappa shape index (κ3) is 2.95.